The van der Waals surface area contributed by atoms with Gasteiger partial charge < -0.3 is 15.2 Å². The van der Waals surface area contributed by atoms with E-state index in [1.54, 1.807) is 12.1 Å². The summed E-state index contributed by atoms with van der Waals surface area (Å²) < 4.78 is 6.83. The maximum absolute atomic E-state index is 12.1. The fourth-order valence-corrected chi connectivity index (χ4v) is 2.46. The summed E-state index contributed by atoms with van der Waals surface area (Å²) in [5.41, 5.74) is 3.31. The predicted molar refractivity (Wildman–Crippen MR) is 90.3 cm³/mol. The molecule has 2 amide bonds. The molecular weight excluding hydrogens is 322 g/mol. The second-order valence-corrected chi connectivity index (χ2v) is 5.35. The molecule has 2 aromatic heterocycles. The molecule has 0 spiro atoms. The van der Waals surface area contributed by atoms with Gasteiger partial charge in [0.25, 0.3) is 0 Å². The van der Waals surface area contributed by atoms with E-state index in [0.29, 0.717) is 12.2 Å². The topological polar surface area (TPSA) is 111 Å². The van der Waals surface area contributed by atoms with Gasteiger partial charge in [-0.15, -0.1) is 5.10 Å². The van der Waals surface area contributed by atoms with E-state index in [-0.39, 0.29) is 6.03 Å². The van der Waals surface area contributed by atoms with E-state index < -0.39 is 0 Å². The maximum Gasteiger partial charge on any atom is 0.319 e. The van der Waals surface area contributed by atoms with Crippen molar-refractivity contribution in [3.63, 3.8) is 0 Å². The summed E-state index contributed by atoms with van der Waals surface area (Å²) in [5.74, 6) is 0.808. The normalized spacial score (nSPS) is 10.6. The third-order valence-corrected chi connectivity index (χ3v) is 3.77. The van der Waals surface area contributed by atoms with Gasteiger partial charge in [-0.05, 0) is 41.1 Å². The Balaban J connectivity index is 1.59. The Morgan fingerprint density at radius 3 is 2.64 bits per heavy atom. The monoisotopic (exact) mass is 341 g/mol. The van der Waals surface area contributed by atoms with Gasteiger partial charge in [-0.25, -0.2) is 9.48 Å². The molecule has 2 N–H and O–H groups in total. The van der Waals surface area contributed by atoms with E-state index in [1.807, 2.05) is 26.0 Å². The van der Waals surface area contributed by atoms with Crippen molar-refractivity contribution in [3.05, 3.63) is 47.6 Å². The SMILES string of the molecule is CCc1noc(CC)c1CNC(=O)Nc1ccc(-n2cnnn2)cc1. The highest BCUT2D eigenvalue weighted by Crippen LogP contribution is 2.16. The van der Waals surface area contributed by atoms with Gasteiger partial charge in [0.15, 0.2) is 0 Å². The van der Waals surface area contributed by atoms with Crippen molar-refractivity contribution in [3.8, 4) is 5.69 Å². The Bertz CT molecular complexity index is 803. The van der Waals surface area contributed by atoms with E-state index in [0.717, 1.165) is 35.5 Å². The van der Waals surface area contributed by atoms with Crippen LogP contribution in [0.1, 0.15) is 30.9 Å². The van der Waals surface area contributed by atoms with Crippen LogP contribution in [0.15, 0.2) is 35.1 Å². The number of benzene rings is 1. The number of carbonyl (C=O) groups excluding carboxylic acids is 1. The molecule has 0 fully saturated rings. The minimum absolute atomic E-state index is 0.291. The second kappa shape index (κ2) is 7.56. The minimum Gasteiger partial charge on any atom is -0.361 e. The summed E-state index contributed by atoms with van der Waals surface area (Å²) >= 11 is 0. The van der Waals surface area contributed by atoms with Gasteiger partial charge in [-0.2, -0.15) is 0 Å². The standard InChI is InChI=1S/C16H19N7O2/c1-3-14-13(15(4-2)25-20-14)9-17-16(24)19-11-5-7-12(8-6-11)23-10-18-21-22-23/h5-8,10H,3-4,9H2,1-2H3,(H2,17,19,24). The van der Waals surface area contributed by atoms with Crippen LogP contribution in [0.2, 0.25) is 0 Å². The minimum atomic E-state index is -0.291. The number of hydrogen-bond donors (Lipinski definition) is 2. The number of nitrogens with one attached hydrogen (secondary N) is 2. The molecule has 0 bridgehead atoms. The predicted octanol–water partition coefficient (Wildman–Crippen LogP) is 2.10. The van der Waals surface area contributed by atoms with E-state index in [4.69, 9.17) is 4.52 Å². The molecular formula is C16H19N7O2. The molecule has 2 heterocycles. The molecule has 0 aliphatic rings. The highest BCUT2D eigenvalue weighted by atomic mass is 16.5. The molecule has 130 valence electrons. The molecule has 0 unspecified atom stereocenters. The van der Waals surface area contributed by atoms with Gasteiger partial charge in [0, 0.05) is 24.2 Å². The third kappa shape index (κ3) is 3.82. The Morgan fingerprint density at radius 1 is 1.20 bits per heavy atom. The number of aryl methyl sites for hydroxylation is 2. The first kappa shape index (κ1) is 16.6. The summed E-state index contributed by atoms with van der Waals surface area (Å²) in [6, 6.07) is 6.91. The highest BCUT2D eigenvalue weighted by Gasteiger charge is 2.14. The van der Waals surface area contributed by atoms with Crippen LogP contribution in [-0.4, -0.2) is 31.4 Å². The largest absolute Gasteiger partial charge is 0.361 e. The molecule has 25 heavy (non-hydrogen) atoms. The van der Waals surface area contributed by atoms with Crippen molar-refractivity contribution < 1.29 is 9.32 Å². The van der Waals surface area contributed by atoms with Gasteiger partial charge >= 0.3 is 6.03 Å². The summed E-state index contributed by atoms with van der Waals surface area (Å²) in [4.78, 5) is 12.1. The summed E-state index contributed by atoms with van der Waals surface area (Å²) in [6.07, 6.45) is 3.01. The Hall–Kier alpha value is -3.23. The van der Waals surface area contributed by atoms with Crippen LogP contribution >= 0.6 is 0 Å². The summed E-state index contributed by atoms with van der Waals surface area (Å²) in [7, 11) is 0. The van der Waals surface area contributed by atoms with Gasteiger partial charge in [0.1, 0.15) is 12.1 Å². The smallest absolute Gasteiger partial charge is 0.319 e. The molecule has 0 aliphatic heterocycles. The number of anilines is 1. The van der Waals surface area contributed by atoms with Crippen molar-refractivity contribution in [2.75, 3.05) is 5.32 Å². The first-order chi connectivity index (χ1) is 12.2. The zero-order valence-electron chi connectivity index (χ0n) is 14.1. The van der Waals surface area contributed by atoms with E-state index in [1.165, 1.54) is 11.0 Å². The Kier molecular flexibility index (Phi) is 5.03. The second-order valence-electron chi connectivity index (χ2n) is 5.35. The lowest BCUT2D eigenvalue weighted by atomic mass is 10.1. The van der Waals surface area contributed by atoms with Gasteiger partial charge in [-0.3, -0.25) is 0 Å². The zero-order valence-corrected chi connectivity index (χ0v) is 14.1. The van der Waals surface area contributed by atoms with Crippen LogP contribution in [0.5, 0.6) is 0 Å². The maximum atomic E-state index is 12.1. The number of nitrogens with zero attached hydrogens (tertiary/aromatic N) is 5. The zero-order chi connectivity index (χ0) is 17.6. The van der Waals surface area contributed by atoms with Crippen LogP contribution < -0.4 is 10.6 Å². The first-order valence-corrected chi connectivity index (χ1v) is 8.05. The molecule has 0 aliphatic carbocycles. The van der Waals surface area contributed by atoms with Crippen molar-refractivity contribution in [1.29, 1.82) is 0 Å². The van der Waals surface area contributed by atoms with Crippen LogP contribution in [0.3, 0.4) is 0 Å². The Morgan fingerprint density at radius 2 is 2.00 bits per heavy atom. The number of aromatic nitrogens is 5. The molecule has 0 saturated carbocycles. The van der Waals surface area contributed by atoms with Gasteiger partial charge in [0.05, 0.1) is 11.4 Å². The fraction of sp³-hybridized carbons (Fsp3) is 0.312. The summed E-state index contributed by atoms with van der Waals surface area (Å²) in [6.45, 7) is 4.38. The lowest BCUT2D eigenvalue weighted by Gasteiger charge is -2.08. The number of rotatable bonds is 6. The summed E-state index contributed by atoms with van der Waals surface area (Å²) in [5, 5.41) is 20.6. The highest BCUT2D eigenvalue weighted by molar-refractivity contribution is 5.89. The molecule has 0 saturated heterocycles. The average Bonchev–Trinajstić information content (AvgIpc) is 3.30. The molecule has 3 aromatic rings. The van der Waals surface area contributed by atoms with Crippen molar-refractivity contribution >= 4 is 11.7 Å². The Labute approximate surface area is 144 Å². The molecule has 0 atom stereocenters. The number of amides is 2. The molecule has 9 heteroatoms. The molecule has 1 aromatic carbocycles. The fourth-order valence-electron chi connectivity index (χ4n) is 2.46. The number of urea groups is 1. The van der Waals surface area contributed by atoms with Crippen molar-refractivity contribution in [2.45, 2.75) is 33.2 Å². The molecule has 0 radical (unpaired) electrons. The van der Waals surface area contributed by atoms with Crippen LogP contribution in [0, 0.1) is 0 Å². The number of tetrazole rings is 1. The molecule has 3 rings (SSSR count). The van der Waals surface area contributed by atoms with E-state index in [9.17, 15) is 4.79 Å². The third-order valence-electron chi connectivity index (χ3n) is 3.77. The van der Waals surface area contributed by atoms with Gasteiger partial charge in [0.2, 0.25) is 0 Å². The average molecular weight is 341 g/mol. The molecule has 9 nitrogen and oxygen atoms in total. The van der Waals surface area contributed by atoms with Crippen molar-refractivity contribution in [1.82, 2.24) is 30.7 Å². The van der Waals surface area contributed by atoms with Crippen molar-refractivity contribution in [2.24, 2.45) is 0 Å². The van der Waals surface area contributed by atoms with E-state index >= 15 is 0 Å². The lowest BCUT2D eigenvalue weighted by Crippen LogP contribution is -2.28. The first-order valence-electron chi connectivity index (χ1n) is 8.05. The van der Waals surface area contributed by atoms with Gasteiger partial charge in [-0.1, -0.05) is 19.0 Å². The van der Waals surface area contributed by atoms with Crippen LogP contribution in [-0.2, 0) is 19.4 Å². The van der Waals surface area contributed by atoms with Crippen LogP contribution in [0.25, 0.3) is 5.69 Å². The quantitative estimate of drug-likeness (QED) is 0.710. The number of carbonyl (C=O) groups is 1. The lowest BCUT2D eigenvalue weighted by molar-refractivity contribution is 0.251. The van der Waals surface area contributed by atoms with Crippen LogP contribution in [0.4, 0.5) is 10.5 Å². The van der Waals surface area contributed by atoms with E-state index in [2.05, 4.69) is 31.3 Å². The number of hydrogen-bond acceptors (Lipinski definition) is 6.